The molecule has 0 radical (unpaired) electrons. The molecule has 0 bridgehead atoms. The number of fused-ring (bicyclic) bond motifs is 1. The second kappa shape index (κ2) is 3.61. The third-order valence-electron chi connectivity index (χ3n) is 2.31. The summed E-state index contributed by atoms with van der Waals surface area (Å²) in [6.07, 6.45) is 0.540. The molecule has 0 aliphatic carbocycles. The fourth-order valence-electron chi connectivity index (χ4n) is 1.62. The van der Waals surface area contributed by atoms with Gasteiger partial charge in [0.15, 0.2) is 0 Å². The van der Waals surface area contributed by atoms with Gasteiger partial charge in [0.2, 0.25) is 0 Å². The topological polar surface area (TPSA) is 46.5 Å². The van der Waals surface area contributed by atoms with Gasteiger partial charge in [-0.2, -0.15) is 0 Å². The van der Waals surface area contributed by atoms with Gasteiger partial charge in [-0.3, -0.25) is 4.79 Å². The Morgan fingerprint density at radius 2 is 2.36 bits per heavy atom. The Bertz CT molecular complexity index is 376. The van der Waals surface area contributed by atoms with E-state index < -0.39 is 11.9 Å². The molecule has 0 saturated carbocycles. The van der Waals surface area contributed by atoms with Crippen molar-refractivity contribution in [3.8, 4) is 5.75 Å². The van der Waals surface area contributed by atoms with Crippen LogP contribution >= 0.6 is 15.9 Å². The summed E-state index contributed by atoms with van der Waals surface area (Å²) in [5, 5.41) is 9.01. The molecule has 4 heteroatoms. The fraction of sp³-hybridized carbons (Fsp3) is 0.300. The van der Waals surface area contributed by atoms with Gasteiger partial charge in [-0.15, -0.1) is 0 Å². The van der Waals surface area contributed by atoms with Crippen molar-refractivity contribution < 1.29 is 14.6 Å². The summed E-state index contributed by atoms with van der Waals surface area (Å²) in [7, 11) is 0. The van der Waals surface area contributed by atoms with Crippen LogP contribution < -0.4 is 4.74 Å². The minimum absolute atomic E-state index is 0.434. The van der Waals surface area contributed by atoms with Crippen LogP contribution in [0.3, 0.4) is 0 Å². The van der Waals surface area contributed by atoms with Crippen LogP contribution in [-0.2, 0) is 4.79 Å². The van der Waals surface area contributed by atoms with E-state index in [-0.39, 0.29) is 0 Å². The Labute approximate surface area is 89.8 Å². The highest BCUT2D eigenvalue weighted by molar-refractivity contribution is 9.10. The van der Waals surface area contributed by atoms with Gasteiger partial charge in [0.25, 0.3) is 0 Å². The Kier molecular flexibility index (Phi) is 2.46. The first-order valence-corrected chi connectivity index (χ1v) is 5.13. The van der Waals surface area contributed by atoms with Crippen LogP contribution in [-0.4, -0.2) is 17.7 Å². The van der Waals surface area contributed by atoms with Crippen LogP contribution in [0.5, 0.6) is 5.75 Å². The number of hydrogen-bond donors (Lipinski definition) is 1. The van der Waals surface area contributed by atoms with Crippen molar-refractivity contribution in [3.05, 3.63) is 28.2 Å². The van der Waals surface area contributed by atoms with E-state index in [0.717, 1.165) is 10.0 Å². The Morgan fingerprint density at radius 3 is 3.07 bits per heavy atom. The number of rotatable bonds is 1. The van der Waals surface area contributed by atoms with Crippen molar-refractivity contribution in [3.63, 3.8) is 0 Å². The van der Waals surface area contributed by atoms with Gasteiger partial charge in [0.05, 0.1) is 12.5 Å². The molecule has 74 valence electrons. The molecule has 1 heterocycles. The lowest BCUT2D eigenvalue weighted by Crippen LogP contribution is -2.20. The van der Waals surface area contributed by atoms with Crippen molar-refractivity contribution >= 4 is 21.9 Å². The lowest BCUT2D eigenvalue weighted by molar-refractivity contribution is -0.139. The van der Waals surface area contributed by atoms with Gasteiger partial charge >= 0.3 is 5.97 Å². The Balaban J connectivity index is 2.46. The number of benzene rings is 1. The Hall–Kier alpha value is -1.03. The highest BCUT2D eigenvalue weighted by Gasteiger charge is 2.27. The summed E-state index contributed by atoms with van der Waals surface area (Å²) in [5.41, 5.74) is 0.762. The quantitative estimate of drug-likeness (QED) is 0.840. The highest BCUT2D eigenvalue weighted by Crippen LogP contribution is 2.35. The SMILES string of the molecule is O=C(O)[C@@H]1CCOc2ccc(Br)cc21. The van der Waals surface area contributed by atoms with E-state index in [1.54, 1.807) is 6.07 Å². The van der Waals surface area contributed by atoms with Crippen LogP contribution in [0, 0.1) is 0 Å². The third-order valence-corrected chi connectivity index (χ3v) is 2.80. The maximum atomic E-state index is 11.0. The molecule has 0 aromatic heterocycles. The van der Waals surface area contributed by atoms with Gasteiger partial charge < -0.3 is 9.84 Å². The van der Waals surface area contributed by atoms with Crippen molar-refractivity contribution in [1.82, 2.24) is 0 Å². The summed E-state index contributed by atoms with van der Waals surface area (Å²) in [5.74, 6) is -0.532. The number of ether oxygens (including phenoxy) is 1. The zero-order valence-electron chi connectivity index (χ0n) is 7.37. The molecule has 1 aromatic rings. The van der Waals surface area contributed by atoms with Crippen molar-refractivity contribution in [2.24, 2.45) is 0 Å². The standard InChI is InChI=1S/C10H9BrO3/c11-6-1-2-9-8(5-6)7(10(12)13)3-4-14-9/h1-2,5,7H,3-4H2,(H,12,13)/t7-/m1/s1. The Morgan fingerprint density at radius 1 is 1.57 bits per heavy atom. The fourth-order valence-corrected chi connectivity index (χ4v) is 2.00. The first kappa shape index (κ1) is 9.52. The number of carboxylic acids is 1. The molecule has 2 rings (SSSR count). The van der Waals surface area contributed by atoms with Gasteiger partial charge in [-0.1, -0.05) is 15.9 Å². The smallest absolute Gasteiger partial charge is 0.311 e. The molecule has 0 spiro atoms. The van der Waals surface area contributed by atoms with E-state index in [2.05, 4.69) is 15.9 Å². The van der Waals surface area contributed by atoms with Crippen LogP contribution in [0.15, 0.2) is 22.7 Å². The van der Waals surface area contributed by atoms with E-state index in [0.29, 0.717) is 18.8 Å². The monoisotopic (exact) mass is 256 g/mol. The lowest BCUT2D eigenvalue weighted by atomic mass is 9.93. The first-order valence-electron chi connectivity index (χ1n) is 4.33. The molecule has 0 saturated heterocycles. The largest absolute Gasteiger partial charge is 0.493 e. The van der Waals surface area contributed by atoms with Crippen molar-refractivity contribution in [2.45, 2.75) is 12.3 Å². The predicted octanol–water partition coefficient (Wildman–Crippen LogP) is 2.40. The lowest BCUT2D eigenvalue weighted by Gasteiger charge is -2.22. The molecule has 1 atom stereocenters. The van der Waals surface area contributed by atoms with E-state index in [9.17, 15) is 4.79 Å². The molecular formula is C10H9BrO3. The molecule has 0 amide bonds. The average molecular weight is 257 g/mol. The van der Waals surface area contributed by atoms with Crippen LogP contribution in [0.2, 0.25) is 0 Å². The van der Waals surface area contributed by atoms with Crippen molar-refractivity contribution in [2.75, 3.05) is 6.61 Å². The van der Waals surface area contributed by atoms with E-state index in [1.165, 1.54) is 0 Å². The number of aliphatic carboxylic acids is 1. The zero-order valence-corrected chi connectivity index (χ0v) is 8.95. The first-order chi connectivity index (χ1) is 6.68. The van der Waals surface area contributed by atoms with Gasteiger partial charge in [0.1, 0.15) is 5.75 Å². The molecule has 0 fully saturated rings. The van der Waals surface area contributed by atoms with Gasteiger partial charge in [-0.05, 0) is 24.6 Å². The number of carbonyl (C=O) groups is 1. The summed E-state index contributed by atoms with van der Waals surface area (Å²) < 4.78 is 6.26. The number of carboxylic acid groups (broad SMARTS) is 1. The van der Waals surface area contributed by atoms with Crippen molar-refractivity contribution in [1.29, 1.82) is 0 Å². The molecule has 1 N–H and O–H groups in total. The maximum absolute atomic E-state index is 11.0. The summed E-state index contributed by atoms with van der Waals surface area (Å²) in [4.78, 5) is 11.0. The molecular weight excluding hydrogens is 248 g/mol. The predicted molar refractivity (Wildman–Crippen MR) is 54.6 cm³/mol. The molecule has 3 nitrogen and oxygen atoms in total. The van der Waals surface area contributed by atoms with E-state index >= 15 is 0 Å². The molecule has 14 heavy (non-hydrogen) atoms. The van der Waals surface area contributed by atoms with Crippen LogP contribution in [0.1, 0.15) is 17.9 Å². The molecule has 1 aliphatic rings. The highest BCUT2D eigenvalue weighted by atomic mass is 79.9. The second-order valence-electron chi connectivity index (χ2n) is 3.21. The maximum Gasteiger partial charge on any atom is 0.311 e. The zero-order chi connectivity index (χ0) is 10.1. The number of halogens is 1. The molecule has 1 aliphatic heterocycles. The van der Waals surface area contributed by atoms with Gasteiger partial charge in [0, 0.05) is 10.0 Å². The normalized spacial score (nSPS) is 19.6. The number of hydrogen-bond acceptors (Lipinski definition) is 2. The van der Waals surface area contributed by atoms with Crippen LogP contribution in [0.25, 0.3) is 0 Å². The van der Waals surface area contributed by atoms with E-state index in [4.69, 9.17) is 9.84 Å². The van der Waals surface area contributed by atoms with Gasteiger partial charge in [-0.25, -0.2) is 0 Å². The second-order valence-corrected chi connectivity index (χ2v) is 4.13. The van der Waals surface area contributed by atoms with E-state index in [1.807, 2.05) is 12.1 Å². The minimum Gasteiger partial charge on any atom is -0.493 e. The third kappa shape index (κ3) is 1.62. The van der Waals surface area contributed by atoms with Crippen LogP contribution in [0.4, 0.5) is 0 Å². The minimum atomic E-state index is -0.785. The molecule has 0 unspecified atom stereocenters. The summed E-state index contributed by atoms with van der Waals surface area (Å²) >= 11 is 3.32. The molecule has 1 aromatic carbocycles. The summed E-state index contributed by atoms with van der Waals surface area (Å²) in [6.45, 7) is 0.478. The average Bonchev–Trinajstić information content (AvgIpc) is 2.16. The summed E-state index contributed by atoms with van der Waals surface area (Å²) in [6, 6.07) is 5.46.